The van der Waals surface area contributed by atoms with E-state index in [1.165, 1.54) is 68.1 Å². The Morgan fingerprint density at radius 2 is 0.905 bits per heavy atom. The first kappa shape index (κ1) is 31.5. The van der Waals surface area contributed by atoms with Crippen LogP contribution in [0.5, 0.6) is 5.75 Å². The number of benzene rings is 4. The molecule has 0 amide bonds. The van der Waals surface area contributed by atoms with E-state index in [0.29, 0.717) is 12.2 Å². The molecule has 0 aromatic heterocycles. The predicted molar refractivity (Wildman–Crippen MR) is 174 cm³/mol. The summed E-state index contributed by atoms with van der Waals surface area (Å²) in [7, 11) is 0. The Morgan fingerprint density at radius 3 is 1.45 bits per heavy atom. The van der Waals surface area contributed by atoms with Crippen LogP contribution in [0.15, 0.2) is 84.9 Å². The third kappa shape index (κ3) is 9.02. The molecule has 0 spiro atoms. The molecule has 0 aliphatic carbocycles. The van der Waals surface area contributed by atoms with Crippen LogP contribution in [-0.2, 0) is 6.42 Å². The third-order valence-electron chi connectivity index (χ3n) is 8.07. The van der Waals surface area contributed by atoms with Gasteiger partial charge in [0.05, 0.1) is 6.61 Å². The summed E-state index contributed by atoms with van der Waals surface area (Å²) in [4.78, 5) is 0. The molecule has 3 heteroatoms. The molecule has 4 aromatic carbocycles. The number of ether oxygens (including phenoxy) is 1. The summed E-state index contributed by atoms with van der Waals surface area (Å²) in [5.74, 6) is -1.79. The molecule has 42 heavy (non-hydrogen) atoms. The summed E-state index contributed by atoms with van der Waals surface area (Å²) in [6.45, 7) is 4.86. The van der Waals surface area contributed by atoms with E-state index in [1.807, 2.05) is 24.3 Å². The molecule has 4 rings (SSSR count). The SMILES string of the molecule is CCCCCCCCCCOc1ccc(-c2ccc(-c3ccc(-c4ccc(CCCCC)cc4)cc3)cc2)c(F)c1F. The second kappa shape index (κ2) is 16.9. The summed E-state index contributed by atoms with van der Waals surface area (Å²) in [5.41, 5.74) is 6.77. The Balaban J connectivity index is 1.31. The summed E-state index contributed by atoms with van der Waals surface area (Å²) in [6, 6.07) is 28.1. The van der Waals surface area contributed by atoms with Gasteiger partial charge >= 0.3 is 0 Å². The molecule has 0 unspecified atom stereocenters. The first-order chi connectivity index (χ1) is 20.6. The molecule has 0 aliphatic heterocycles. The van der Waals surface area contributed by atoms with Gasteiger partial charge in [-0.1, -0.05) is 144 Å². The van der Waals surface area contributed by atoms with Crippen molar-refractivity contribution >= 4 is 0 Å². The second-order valence-electron chi connectivity index (χ2n) is 11.4. The molecule has 0 N–H and O–H groups in total. The molecule has 0 fully saturated rings. The maximum atomic E-state index is 15.0. The van der Waals surface area contributed by atoms with Crippen LogP contribution >= 0.6 is 0 Å². The van der Waals surface area contributed by atoms with Crippen molar-refractivity contribution in [1.29, 1.82) is 0 Å². The minimum absolute atomic E-state index is 0.0120. The fraction of sp³-hybridized carbons (Fsp3) is 0.385. The van der Waals surface area contributed by atoms with Gasteiger partial charge in [0, 0.05) is 5.56 Å². The maximum Gasteiger partial charge on any atom is 0.201 e. The largest absolute Gasteiger partial charge is 0.490 e. The molecule has 0 saturated heterocycles. The average Bonchev–Trinajstić information content (AvgIpc) is 3.03. The van der Waals surface area contributed by atoms with Crippen molar-refractivity contribution in [3.05, 3.63) is 102 Å². The van der Waals surface area contributed by atoms with Crippen LogP contribution in [0.1, 0.15) is 90.0 Å². The molecule has 1 nitrogen and oxygen atoms in total. The lowest BCUT2D eigenvalue weighted by atomic mass is 9.97. The van der Waals surface area contributed by atoms with Crippen LogP contribution in [0.4, 0.5) is 8.78 Å². The number of halogens is 2. The van der Waals surface area contributed by atoms with Crippen LogP contribution < -0.4 is 4.74 Å². The number of hydrogen-bond donors (Lipinski definition) is 0. The zero-order valence-electron chi connectivity index (χ0n) is 25.4. The van der Waals surface area contributed by atoms with E-state index in [2.05, 4.69) is 62.4 Å². The van der Waals surface area contributed by atoms with E-state index in [-0.39, 0.29) is 11.3 Å². The van der Waals surface area contributed by atoms with Gasteiger partial charge in [-0.05, 0) is 64.8 Å². The van der Waals surface area contributed by atoms with E-state index in [1.54, 1.807) is 12.1 Å². The van der Waals surface area contributed by atoms with Crippen LogP contribution in [0, 0.1) is 11.6 Å². The Labute approximate surface area is 252 Å². The highest BCUT2D eigenvalue weighted by molar-refractivity contribution is 5.73. The number of aryl methyl sites for hydroxylation is 1. The Bertz CT molecular complexity index is 1340. The first-order valence-corrected chi connectivity index (χ1v) is 16.0. The van der Waals surface area contributed by atoms with E-state index in [4.69, 9.17) is 4.74 Å². The van der Waals surface area contributed by atoms with E-state index < -0.39 is 11.6 Å². The molecule has 0 saturated carbocycles. The molecule has 222 valence electrons. The number of hydrogen-bond acceptors (Lipinski definition) is 1. The lowest BCUT2D eigenvalue weighted by Gasteiger charge is -2.11. The van der Waals surface area contributed by atoms with Crippen molar-refractivity contribution in [2.75, 3.05) is 6.61 Å². The summed E-state index contributed by atoms with van der Waals surface area (Å²) < 4.78 is 35.4. The van der Waals surface area contributed by atoms with Gasteiger partial charge in [0.2, 0.25) is 5.82 Å². The van der Waals surface area contributed by atoms with Crippen LogP contribution in [0.3, 0.4) is 0 Å². The zero-order chi connectivity index (χ0) is 29.6. The van der Waals surface area contributed by atoms with Gasteiger partial charge in [-0.2, -0.15) is 4.39 Å². The van der Waals surface area contributed by atoms with Crippen molar-refractivity contribution in [3.8, 4) is 39.1 Å². The maximum absolute atomic E-state index is 15.0. The standard InChI is InChI=1S/C39H46F2O/c1-3-5-7-8-9-10-11-13-29-42-37-28-27-36(38(40)39(37)41)35-25-23-34(24-26-35)33-21-19-32(20-22-33)31-17-15-30(16-18-31)14-12-6-4-2/h15-28H,3-14,29H2,1-2H3. The van der Waals surface area contributed by atoms with Gasteiger partial charge < -0.3 is 4.74 Å². The van der Waals surface area contributed by atoms with Gasteiger partial charge in [0.15, 0.2) is 11.6 Å². The van der Waals surface area contributed by atoms with Crippen molar-refractivity contribution in [2.45, 2.75) is 90.9 Å². The topological polar surface area (TPSA) is 9.23 Å². The quantitative estimate of drug-likeness (QED) is 0.115. The van der Waals surface area contributed by atoms with Gasteiger partial charge in [-0.25, -0.2) is 4.39 Å². The lowest BCUT2D eigenvalue weighted by molar-refractivity contribution is 0.285. The second-order valence-corrected chi connectivity index (χ2v) is 11.4. The fourth-order valence-electron chi connectivity index (χ4n) is 5.42. The number of rotatable bonds is 17. The van der Waals surface area contributed by atoms with Crippen molar-refractivity contribution in [2.24, 2.45) is 0 Å². The lowest BCUT2D eigenvalue weighted by Crippen LogP contribution is -2.01. The summed E-state index contributed by atoms with van der Waals surface area (Å²) >= 11 is 0. The highest BCUT2D eigenvalue weighted by atomic mass is 19.2. The van der Waals surface area contributed by atoms with Crippen molar-refractivity contribution < 1.29 is 13.5 Å². The van der Waals surface area contributed by atoms with Crippen molar-refractivity contribution in [1.82, 2.24) is 0 Å². The Morgan fingerprint density at radius 1 is 0.452 bits per heavy atom. The third-order valence-corrected chi connectivity index (χ3v) is 8.07. The molecular formula is C39H46F2O. The van der Waals surface area contributed by atoms with Crippen molar-refractivity contribution in [3.63, 3.8) is 0 Å². The van der Waals surface area contributed by atoms with E-state index in [0.717, 1.165) is 36.8 Å². The van der Waals surface area contributed by atoms with Gasteiger partial charge in [0.1, 0.15) is 0 Å². The predicted octanol–water partition coefficient (Wildman–Crippen LogP) is 12.2. The highest BCUT2D eigenvalue weighted by Gasteiger charge is 2.16. The zero-order valence-corrected chi connectivity index (χ0v) is 25.4. The fourth-order valence-corrected chi connectivity index (χ4v) is 5.42. The van der Waals surface area contributed by atoms with E-state index in [9.17, 15) is 4.39 Å². The monoisotopic (exact) mass is 568 g/mol. The molecule has 4 aromatic rings. The van der Waals surface area contributed by atoms with Gasteiger partial charge in [0.25, 0.3) is 0 Å². The van der Waals surface area contributed by atoms with Crippen LogP contribution in [0.2, 0.25) is 0 Å². The normalized spacial score (nSPS) is 11.1. The average molecular weight is 569 g/mol. The number of unbranched alkanes of at least 4 members (excludes halogenated alkanes) is 9. The molecule has 0 bridgehead atoms. The molecule has 0 atom stereocenters. The first-order valence-electron chi connectivity index (χ1n) is 16.0. The minimum atomic E-state index is -0.916. The summed E-state index contributed by atoms with van der Waals surface area (Å²) in [5, 5.41) is 0. The van der Waals surface area contributed by atoms with Crippen LogP contribution in [0.25, 0.3) is 33.4 Å². The smallest absolute Gasteiger partial charge is 0.201 e. The van der Waals surface area contributed by atoms with E-state index >= 15 is 4.39 Å². The van der Waals surface area contributed by atoms with Crippen LogP contribution in [-0.4, -0.2) is 6.61 Å². The van der Waals surface area contributed by atoms with Gasteiger partial charge in [-0.3, -0.25) is 0 Å². The Kier molecular flexibility index (Phi) is 12.6. The summed E-state index contributed by atoms with van der Waals surface area (Å²) in [6.07, 6.45) is 14.3. The molecule has 0 radical (unpaired) electrons. The molecular weight excluding hydrogens is 522 g/mol. The minimum Gasteiger partial charge on any atom is -0.490 e. The Hall–Kier alpha value is -3.46. The molecule has 0 aliphatic rings. The highest BCUT2D eigenvalue weighted by Crippen LogP contribution is 2.32. The van der Waals surface area contributed by atoms with Gasteiger partial charge in [-0.15, -0.1) is 0 Å². The molecule has 0 heterocycles.